The molecule has 0 saturated carbocycles. The molecule has 0 unspecified atom stereocenters. The Morgan fingerprint density at radius 3 is 2.64 bits per heavy atom. The summed E-state index contributed by atoms with van der Waals surface area (Å²) in [5.41, 5.74) is 0.536. The first kappa shape index (κ1) is 10.9. The summed E-state index contributed by atoms with van der Waals surface area (Å²) in [7, 11) is 1.57. The molecule has 0 fully saturated rings. The van der Waals surface area contributed by atoms with Crippen molar-refractivity contribution >= 4 is 15.9 Å². The molecule has 0 aliphatic rings. The van der Waals surface area contributed by atoms with Crippen molar-refractivity contribution in [3.63, 3.8) is 0 Å². The fraction of sp³-hybridized carbons (Fsp3) is 0.300. The maximum Gasteiger partial charge on any atom is 0.162 e. The predicted octanol–water partition coefficient (Wildman–Crippen LogP) is 2.73. The molecule has 0 heterocycles. The Kier molecular flexibility index (Phi) is 3.78. The first-order valence-electron chi connectivity index (χ1n) is 4.13. The molecule has 0 N–H and O–H groups in total. The molecule has 4 heteroatoms. The van der Waals surface area contributed by atoms with E-state index in [-0.39, 0.29) is 0 Å². The lowest BCUT2D eigenvalue weighted by Crippen LogP contribution is -1.96. The molecule has 3 nitrogen and oxygen atoms in total. The van der Waals surface area contributed by atoms with Gasteiger partial charge >= 0.3 is 0 Å². The van der Waals surface area contributed by atoms with Crippen LogP contribution >= 0.6 is 15.9 Å². The minimum Gasteiger partial charge on any atom is -0.493 e. The number of hydrogen-bond donors (Lipinski definition) is 0. The molecule has 1 aromatic rings. The van der Waals surface area contributed by atoms with Gasteiger partial charge in [-0.2, -0.15) is 5.26 Å². The summed E-state index contributed by atoms with van der Waals surface area (Å²) in [6.07, 6.45) is 0. The van der Waals surface area contributed by atoms with Crippen LogP contribution in [0.25, 0.3) is 0 Å². The van der Waals surface area contributed by atoms with Crippen molar-refractivity contribution < 1.29 is 9.47 Å². The molecule has 14 heavy (non-hydrogen) atoms. The summed E-state index contributed by atoms with van der Waals surface area (Å²) < 4.78 is 11.2. The summed E-state index contributed by atoms with van der Waals surface area (Å²) in [6, 6.07) is 5.45. The summed E-state index contributed by atoms with van der Waals surface area (Å²) in [5.74, 6) is 1.22. The number of nitrogens with zero attached hydrogens (tertiary/aromatic N) is 1. The molecule has 0 radical (unpaired) electrons. The SMILES string of the molecule is CCOc1cc(C#N)c(Br)cc1OC. The van der Waals surface area contributed by atoms with E-state index in [1.54, 1.807) is 19.2 Å². The van der Waals surface area contributed by atoms with Crippen LogP contribution in [0.4, 0.5) is 0 Å². The second kappa shape index (κ2) is 4.87. The number of nitriles is 1. The molecule has 0 bridgehead atoms. The topological polar surface area (TPSA) is 42.2 Å². The third kappa shape index (κ3) is 2.18. The maximum atomic E-state index is 8.80. The molecule has 0 amide bonds. The lowest BCUT2D eigenvalue weighted by atomic mass is 10.2. The van der Waals surface area contributed by atoms with E-state index in [1.165, 1.54) is 0 Å². The van der Waals surface area contributed by atoms with E-state index in [0.717, 1.165) is 0 Å². The Morgan fingerprint density at radius 2 is 2.14 bits per heavy atom. The standard InChI is InChI=1S/C10H10BrNO2/c1-3-14-10-4-7(6-12)8(11)5-9(10)13-2/h4-5H,3H2,1-2H3. The minimum absolute atomic E-state index is 0.536. The van der Waals surface area contributed by atoms with E-state index < -0.39 is 0 Å². The fourth-order valence-corrected chi connectivity index (χ4v) is 1.46. The number of ether oxygens (including phenoxy) is 2. The van der Waals surface area contributed by atoms with Crippen LogP contribution in [0.5, 0.6) is 11.5 Å². The average Bonchev–Trinajstić information content (AvgIpc) is 2.20. The highest BCUT2D eigenvalue weighted by atomic mass is 79.9. The lowest BCUT2D eigenvalue weighted by Gasteiger charge is -2.09. The van der Waals surface area contributed by atoms with Crippen molar-refractivity contribution in [3.05, 3.63) is 22.2 Å². The zero-order valence-corrected chi connectivity index (χ0v) is 9.59. The number of hydrogen-bond acceptors (Lipinski definition) is 3. The van der Waals surface area contributed by atoms with E-state index >= 15 is 0 Å². The fourth-order valence-electron chi connectivity index (χ4n) is 1.05. The molecular formula is C10H10BrNO2. The first-order chi connectivity index (χ1) is 6.72. The Balaban J connectivity index is 3.19. The monoisotopic (exact) mass is 255 g/mol. The second-order valence-electron chi connectivity index (χ2n) is 2.53. The van der Waals surface area contributed by atoms with Crippen LogP contribution in [0, 0.1) is 11.3 Å². The Morgan fingerprint density at radius 1 is 1.43 bits per heavy atom. The molecule has 0 aromatic heterocycles. The van der Waals surface area contributed by atoms with Gasteiger partial charge in [0.05, 0.1) is 19.3 Å². The van der Waals surface area contributed by atoms with Crippen LogP contribution in [0.3, 0.4) is 0 Å². The van der Waals surface area contributed by atoms with Gasteiger partial charge in [-0.1, -0.05) is 0 Å². The molecule has 0 spiro atoms. The van der Waals surface area contributed by atoms with E-state index in [2.05, 4.69) is 22.0 Å². The van der Waals surface area contributed by atoms with Gasteiger partial charge in [0.1, 0.15) is 6.07 Å². The molecule has 0 atom stereocenters. The van der Waals surface area contributed by atoms with Gasteiger partial charge in [0.25, 0.3) is 0 Å². The minimum atomic E-state index is 0.536. The quantitative estimate of drug-likeness (QED) is 0.834. The molecule has 0 aliphatic heterocycles. The number of methoxy groups -OCH3 is 1. The van der Waals surface area contributed by atoms with Gasteiger partial charge in [-0.15, -0.1) is 0 Å². The number of benzene rings is 1. The number of rotatable bonds is 3. The van der Waals surface area contributed by atoms with Crippen molar-refractivity contribution in [1.29, 1.82) is 5.26 Å². The first-order valence-corrected chi connectivity index (χ1v) is 4.92. The summed E-state index contributed by atoms with van der Waals surface area (Å²) in [6.45, 7) is 2.43. The van der Waals surface area contributed by atoms with Crippen molar-refractivity contribution in [3.8, 4) is 17.6 Å². The normalized spacial score (nSPS) is 9.29. The van der Waals surface area contributed by atoms with E-state index in [0.29, 0.717) is 28.1 Å². The highest BCUT2D eigenvalue weighted by Crippen LogP contribution is 2.32. The van der Waals surface area contributed by atoms with Gasteiger partial charge in [0.2, 0.25) is 0 Å². The van der Waals surface area contributed by atoms with Gasteiger partial charge in [0, 0.05) is 10.5 Å². The second-order valence-corrected chi connectivity index (χ2v) is 3.38. The lowest BCUT2D eigenvalue weighted by molar-refractivity contribution is 0.310. The van der Waals surface area contributed by atoms with Gasteiger partial charge in [0.15, 0.2) is 11.5 Å². The van der Waals surface area contributed by atoms with E-state index in [1.807, 2.05) is 6.92 Å². The van der Waals surface area contributed by atoms with Gasteiger partial charge < -0.3 is 9.47 Å². The summed E-state index contributed by atoms with van der Waals surface area (Å²) in [4.78, 5) is 0. The van der Waals surface area contributed by atoms with Crippen LogP contribution in [0.2, 0.25) is 0 Å². The molecule has 74 valence electrons. The van der Waals surface area contributed by atoms with E-state index in [4.69, 9.17) is 14.7 Å². The van der Waals surface area contributed by atoms with Gasteiger partial charge in [-0.05, 0) is 28.9 Å². The third-order valence-corrected chi connectivity index (χ3v) is 2.33. The van der Waals surface area contributed by atoms with Crippen LogP contribution in [0.15, 0.2) is 16.6 Å². The van der Waals surface area contributed by atoms with Gasteiger partial charge in [-0.25, -0.2) is 0 Å². The van der Waals surface area contributed by atoms with Crippen molar-refractivity contribution in [1.82, 2.24) is 0 Å². The number of halogens is 1. The van der Waals surface area contributed by atoms with Crippen LogP contribution in [-0.2, 0) is 0 Å². The summed E-state index contributed by atoms with van der Waals surface area (Å²) in [5, 5.41) is 8.80. The zero-order valence-electron chi connectivity index (χ0n) is 8.00. The highest BCUT2D eigenvalue weighted by Gasteiger charge is 2.09. The average molecular weight is 256 g/mol. The van der Waals surface area contributed by atoms with Crippen LogP contribution < -0.4 is 9.47 Å². The predicted molar refractivity (Wildman–Crippen MR) is 56.6 cm³/mol. The molecule has 1 aromatic carbocycles. The smallest absolute Gasteiger partial charge is 0.162 e. The molecule has 0 aliphatic carbocycles. The molecule has 0 saturated heterocycles. The van der Waals surface area contributed by atoms with Crippen molar-refractivity contribution in [2.24, 2.45) is 0 Å². The Labute approximate surface area is 91.4 Å². The zero-order chi connectivity index (χ0) is 10.6. The van der Waals surface area contributed by atoms with Crippen molar-refractivity contribution in [2.75, 3.05) is 13.7 Å². The molecule has 1 rings (SSSR count). The van der Waals surface area contributed by atoms with Crippen molar-refractivity contribution in [2.45, 2.75) is 6.92 Å². The van der Waals surface area contributed by atoms with Crippen LogP contribution in [-0.4, -0.2) is 13.7 Å². The highest BCUT2D eigenvalue weighted by molar-refractivity contribution is 9.10. The third-order valence-electron chi connectivity index (χ3n) is 1.67. The van der Waals surface area contributed by atoms with Crippen LogP contribution in [0.1, 0.15) is 12.5 Å². The van der Waals surface area contributed by atoms with E-state index in [9.17, 15) is 0 Å². The molecular weight excluding hydrogens is 246 g/mol. The Bertz CT molecular complexity index is 371. The largest absolute Gasteiger partial charge is 0.493 e. The van der Waals surface area contributed by atoms with Gasteiger partial charge in [-0.3, -0.25) is 0 Å². The maximum absolute atomic E-state index is 8.80. The Hall–Kier alpha value is -1.21. The summed E-state index contributed by atoms with van der Waals surface area (Å²) >= 11 is 3.28.